The molecule has 2 aromatic heterocycles. The molecule has 0 saturated carbocycles. The molecular formula is C12H11BrN4O. The van der Waals surface area contributed by atoms with Crippen molar-refractivity contribution in [1.29, 1.82) is 0 Å². The van der Waals surface area contributed by atoms with Gasteiger partial charge in [-0.15, -0.1) is 0 Å². The van der Waals surface area contributed by atoms with Gasteiger partial charge in [0.1, 0.15) is 11.6 Å². The second-order valence-corrected chi connectivity index (χ2v) is 4.63. The fourth-order valence-corrected chi connectivity index (χ4v) is 1.75. The van der Waals surface area contributed by atoms with Crippen molar-refractivity contribution in [1.82, 2.24) is 9.97 Å². The van der Waals surface area contributed by atoms with E-state index in [1.165, 1.54) is 6.20 Å². The topological polar surface area (TPSA) is 80.9 Å². The molecule has 0 atom stereocenters. The number of hydrogen-bond acceptors (Lipinski definition) is 4. The predicted molar refractivity (Wildman–Crippen MR) is 73.3 cm³/mol. The van der Waals surface area contributed by atoms with Crippen LogP contribution in [0, 0.1) is 6.92 Å². The molecule has 0 fully saturated rings. The molecule has 0 radical (unpaired) electrons. The number of halogens is 1. The van der Waals surface area contributed by atoms with Crippen molar-refractivity contribution < 1.29 is 4.79 Å². The van der Waals surface area contributed by atoms with Crippen LogP contribution in [-0.2, 0) is 0 Å². The Morgan fingerprint density at radius 1 is 1.44 bits per heavy atom. The highest BCUT2D eigenvalue weighted by Gasteiger charge is 2.13. The van der Waals surface area contributed by atoms with Crippen LogP contribution in [-0.4, -0.2) is 15.9 Å². The number of carbonyl (C=O) groups excluding carboxylic acids is 1. The molecule has 0 aromatic carbocycles. The summed E-state index contributed by atoms with van der Waals surface area (Å²) in [6, 6.07) is 5.29. The van der Waals surface area contributed by atoms with Crippen LogP contribution in [0.3, 0.4) is 0 Å². The highest BCUT2D eigenvalue weighted by Crippen LogP contribution is 2.17. The van der Waals surface area contributed by atoms with Crippen LogP contribution < -0.4 is 11.1 Å². The lowest BCUT2D eigenvalue weighted by Crippen LogP contribution is -2.16. The summed E-state index contributed by atoms with van der Waals surface area (Å²) >= 11 is 3.25. The molecule has 0 saturated heterocycles. The van der Waals surface area contributed by atoms with E-state index in [0.717, 1.165) is 5.56 Å². The van der Waals surface area contributed by atoms with Crippen LogP contribution in [0.4, 0.5) is 11.6 Å². The fraction of sp³-hybridized carbons (Fsp3) is 0.0833. The van der Waals surface area contributed by atoms with E-state index in [4.69, 9.17) is 5.73 Å². The molecule has 2 aromatic rings. The third kappa shape index (κ3) is 2.65. The fourth-order valence-electron chi connectivity index (χ4n) is 1.42. The minimum Gasteiger partial charge on any atom is -0.383 e. The summed E-state index contributed by atoms with van der Waals surface area (Å²) in [6.45, 7) is 1.87. The Balaban J connectivity index is 2.28. The zero-order valence-electron chi connectivity index (χ0n) is 9.64. The molecule has 0 bridgehead atoms. The molecule has 0 spiro atoms. The van der Waals surface area contributed by atoms with Crippen molar-refractivity contribution in [2.24, 2.45) is 0 Å². The van der Waals surface area contributed by atoms with Crippen molar-refractivity contribution in [2.75, 3.05) is 11.1 Å². The first-order valence-electron chi connectivity index (χ1n) is 5.22. The van der Waals surface area contributed by atoms with E-state index >= 15 is 0 Å². The van der Waals surface area contributed by atoms with Crippen LogP contribution in [0.5, 0.6) is 0 Å². The molecule has 0 unspecified atom stereocenters. The molecule has 92 valence electrons. The van der Waals surface area contributed by atoms with E-state index in [1.54, 1.807) is 18.3 Å². The first-order chi connectivity index (χ1) is 8.58. The predicted octanol–water partition coefficient (Wildman–Crippen LogP) is 2.38. The van der Waals surface area contributed by atoms with E-state index < -0.39 is 0 Å². The van der Waals surface area contributed by atoms with Crippen LogP contribution in [0.15, 0.2) is 35.1 Å². The monoisotopic (exact) mass is 306 g/mol. The van der Waals surface area contributed by atoms with E-state index in [2.05, 4.69) is 31.2 Å². The Morgan fingerprint density at radius 2 is 2.22 bits per heavy atom. The molecular weight excluding hydrogens is 296 g/mol. The smallest absolute Gasteiger partial charge is 0.260 e. The first kappa shape index (κ1) is 12.5. The normalized spacial score (nSPS) is 10.1. The van der Waals surface area contributed by atoms with Crippen molar-refractivity contribution in [3.8, 4) is 0 Å². The van der Waals surface area contributed by atoms with E-state index in [9.17, 15) is 4.79 Å². The van der Waals surface area contributed by atoms with Gasteiger partial charge in [0.25, 0.3) is 5.91 Å². The number of carbonyl (C=O) groups is 1. The molecule has 6 heteroatoms. The minimum atomic E-state index is -0.330. The molecule has 3 N–H and O–H groups in total. The summed E-state index contributed by atoms with van der Waals surface area (Å²) in [7, 11) is 0. The van der Waals surface area contributed by atoms with E-state index in [0.29, 0.717) is 15.9 Å². The lowest BCUT2D eigenvalue weighted by molar-refractivity contribution is 0.102. The maximum Gasteiger partial charge on any atom is 0.260 e. The van der Waals surface area contributed by atoms with Gasteiger partial charge in [0.05, 0.1) is 5.56 Å². The Morgan fingerprint density at radius 3 is 2.94 bits per heavy atom. The number of rotatable bonds is 2. The molecule has 2 rings (SSSR count). The van der Waals surface area contributed by atoms with E-state index in [-0.39, 0.29) is 11.7 Å². The summed E-state index contributed by atoms with van der Waals surface area (Å²) in [4.78, 5) is 20.1. The van der Waals surface area contributed by atoms with Crippen molar-refractivity contribution in [3.63, 3.8) is 0 Å². The van der Waals surface area contributed by atoms with Crippen molar-refractivity contribution in [2.45, 2.75) is 6.92 Å². The molecule has 0 aliphatic carbocycles. The average molecular weight is 307 g/mol. The number of nitrogen functional groups attached to an aromatic ring is 1. The van der Waals surface area contributed by atoms with Crippen molar-refractivity contribution >= 4 is 33.5 Å². The zero-order valence-corrected chi connectivity index (χ0v) is 11.2. The summed E-state index contributed by atoms with van der Waals surface area (Å²) < 4.78 is 0.694. The maximum absolute atomic E-state index is 12.0. The van der Waals surface area contributed by atoms with Gasteiger partial charge in [0.15, 0.2) is 0 Å². The highest BCUT2D eigenvalue weighted by molar-refractivity contribution is 9.10. The average Bonchev–Trinajstić information content (AvgIpc) is 2.35. The standard InChI is InChI=1S/C12H11BrN4O/c1-7-3-2-4-15-11(7)17-12(18)9-5-8(13)6-16-10(9)14/h2-6H,1H3,(H2,14,16)(H,15,17,18). The van der Waals surface area contributed by atoms with Gasteiger partial charge in [-0.2, -0.15) is 0 Å². The largest absolute Gasteiger partial charge is 0.383 e. The Kier molecular flexibility index (Phi) is 3.57. The Hall–Kier alpha value is -1.95. The number of nitrogens with two attached hydrogens (primary N) is 1. The van der Waals surface area contributed by atoms with Crippen molar-refractivity contribution in [3.05, 3.63) is 46.2 Å². The summed E-state index contributed by atoms with van der Waals surface area (Å²) in [5.74, 6) is 0.370. The molecule has 2 heterocycles. The second-order valence-electron chi connectivity index (χ2n) is 3.71. The van der Waals surface area contributed by atoms with Gasteiger partial charge in [-0.25, -0.2) is 9.97 Å². The molecule has 0 aliphatic heterocycles. The van der Waals surface area contributed by atoms with Gasteiger partial charge in [-0.3, -0.25) is 4.79 Å². The van der Waals surface area contributed by atoms with E-state index in [1.807, 2.05) is 13.0 Å². The number of hydrogen-bond donors (Lipinski definition) is 2. The van der Waals surface area contributed by atoms with Gasteiger partial charge in [-0.1, -0.05) is 6.07 Å². The van der Waals surface area contributed by atoms with Crippen LogP contribution in [0.25, 0.3) is 0 Å². The Bertz CT molecular complexity index is 600. The van der Waals surface area contributed by atoms with Gasteiger partial charge >= 0.3 is 0 Å². The summed E-state index contributed by atoms with van der Waals surface area (Å²) in [6.07, 6.45) is 3.16. The lowest BCUT2D eigenvalue weighted by Gasteiger charge is -2.08. The summed E-state index contributed by atoms with van der Waals surface area (Å²) in [5.41, 5.74) is 6.86. The van der Waals surface area contributed by atoms with Gasteiger partial charge in [0.2, 0.25) is 0 Å². The number of aromatic nitrogens is 2. The number of nitrogens with one attached hydrogen (secondary N) is 1. The van der Waals surface area contributed by atoms with Gasteiger partial charge < -0.3 is 11.1 Å². The molecule has 0 aliphatic rings. The SMILES string of the molecule is Cc1cccnc1NC(=O)c1cc(Br)cnc1N. The third-order valence-corrected chi connectivity index (χ3v) is 2.80. The number of amides is 1. The van der Waals surface area contributed by atoms with Crippen LogP contribution in [0.2, 0.25) is 0 Å². The highest BCUT2D eigenvalue weighted by atomic mass is 79.9. The van der Waals surface area contributed by atoms with Gasteiger partial charge in [0, 0.05) is 16.9 Å². The molecule has 1 amide bonds. The third-order valence-electron chi connectivity index (χ3n) is 2.37. The summed E-state index contributed by atoms with van der Waals surface area (Å²) in [5, 5.41) is 2.70. The number of aryl methyl sites for hydroxylation is 1. The number of nitrogens with zero attached hydrogens (tertiary/aromatic N) is 2. The first-order valence-corrected chi connectivity index (χ1v) is 6.01. The van der Waals surface area contributed by atoms with Gasteiger partial charge in [-0.05, 0) is 40.5 Å². The second kappa shape index (κ2) is 5.14. The zero-order chi connectivity index (χ0) is 13.1. The van der Waals surface area contributed by atoms with Crippen LogP contribution >= 0.6 is 15.9 Å². The minimum absolute atomic E-state index is 0.185. The molecule has 18 heavy (non-hydrogen) atoms. The lowest BCUT2D eigenvalue weighted by atomic mass is 10.2. The molecule has 5 nitrogen and oxygen atoms in total. The Labute approximate surface area is 113 Å². The quantitative estimate of drug-likeness (QED) is 0.892. The maximum atomic E-state index is 12.0. The number of anilines is 2. The number of pyridine rings is 2. The van der Waals surface area contributed by atoms with Crippen LogP contribution in [0.1, 0.15) is 15.9 Å².